The molecule has 0 N–H and O–H groups in total. The second-order valence-corrected chi connectivity index (χ2v) is 16.8. The molecule has 0 bridgehead atoms. The van der Waals surface area contributed by atoms with Crippen molar-refractivity contribution in [3.63, 3.8) is 0 Å². The molecule has 0 aromatic rings. The van der Waals surface area contributed by atoms with Crippen molar-refractivity contribution in [2.45, 2.75) is 133 Å². The quantitative estimate of drug-likeness (QED) is 0.434. The van der Waals surface area contributed by atoms with Crippen LogP contribution < -0.4 is 0 Å². The SMILES string of the molecule is C=CC[C@H]1C[C@]2(C)O[C@@H]3C[C@@H]4O[Si](C(C)(C)C)(C(C)(C)C)OC[C@H]4O[C@H]3CC[C@H]2O1. The van der Waals surface area contributed by atoms with Crippen molar-refractivity contribution in [3.05, 3.63) is 12.7 Å². The van der Waals surface area contributed by atoms with Crippen molar-refractivity contribution in [1.29, 1.82) is 0 Å². The molecule has 4 rings (SSSR count). The molecular formula is C24H42O5Si. The molecule has 5 nitrogen and oxygen atoms in total. The molecular weight excluding hydrogens is 396 g/mol. The van der Waals surface area contributed by atoms with Crippen LogP contribution in [-0.2, 0) is 23.1 Å². The van der Waals surface area contributed by atoms with E-state index in [1.807, 2.05) is 6.08 Å². The van der Waals surface area contributed by atoms with Crippen LogP contribution in [0.5, 0.6) is 0 Å². The van der Waals surface area contributed by atoms with Gasteiger partial charge in [0.05, 0.1) is 42.7 Å². The van der Waals surface area contributed by atoms with Gasteiger partial charge in [-0.25, -0.2) is 0 Å². The molecule has 0 aliphatic carbocycles. The zero-order valence-corrected chi connectivity index (χ0v) is 21.0. The third-order valence-electron chi connectivity index (χ3n) is 7.62. The third-order valence-corrected chi connectivity index (χ3v) is 12.8. The third kappa shape index (κ3) is 3.75. The minimum atomic E-state index is -2.50. The van der Waals surface area contributed by atoms with Crippen molar-refractivity contribution < 1.29 is 23.1 Å². The molecule has 0 radical (unpaired) electrons. The number of ether oxygens (including phenoxy) is 3. The van der Waals surface area contributed by atoms with Crippen LogP contribution in [-0.4, -0.2) is 57.4 Å². The Labute approximate surface area is 184 Å². The van der Waals surface area contributed by atoms with Crippen LogP contribution in [0.4, 0.5) is 0 Å². The van der Waals surface area contributed by atoms with Gasteiger partial charge < -0.3 is 23.1 Å². The summed E-state index contributed by atoms with van der Waals surface area (Å²) < 4.78 is 33.3. The van der Waals surface area contributed by atoms with E-state index in [-0.39, 0.29) is 52.3 Å². The number of hydrogen-bond donors (Lipinski definition) is 0. The van der Waals surface area contributed by atoms with Crippen LogP contribution >= 0.6 is 0 Å². The van der Waals surface area contributed by atoms with E-state index >= 15 is 0 Å². The van der Waals surface area contributed by atoms with Gasteiger partial charge in [-0.1, -0.05) is 47.6 Å². The van der Waals surface area contributed by atoms with Gasteiger partial charge in [-0.05, 0) is 26.2 Å². The first-order chi connectivity index (χ1) is 13.9. The predicted molar refractivity (Wildman–Crippen MR) is 120 cm³/mol. The summed E-state index contributed by atoms with van der Waals surface area (Å²) in [5, 5.41) is -0.0443. The maximum Gasteiger partial charge on any atom is 0.349 e. The van der Waals surface area contributed by atoms with Crippen LogP contribution in [0, 0.1) is 0 Å². The maximum atomic E-state index is 6.97. The Kier molecular flexibility index (Phi) is 5.86. The molecule has 0 spiro atoms. The predicted octanol–water partition coefficient (Wildman–Crippen LogP) is 5.27. The molecule has 6 heteroatoms. The highest BCUT2D eigenvalue weighted by Gasteiger charge is 2.63. The molecule has 4 fully saturated rings. The van der Waals surface area contributed by atoms with Gasteiger partial charge in [0.15, 0.2) is 0 Å². The first kappa shape index (κ1) is 22.9. The molecule has 172 valence electrons. The number of rotatable bonds is 2. The molecule has 0 aromatic heterocycles. The van der Waals surface area contributed by atoms with E-state index in [1.54, 1.807) is 0 Å². The van der Waals surface area contributed by atoms with Gasteiger partial charge in [0.2, 0.25) is 0 Å². The summed E-state index contributed by atoms with van der Waals surface area (Å²) in [6, 6.07) is 0. The lowest BCUT2D eigenvalue weighted by atomic mass is 9.92. The van der Waals surface area contributed by atoms with Crippen LogP contribution in [0.25, 0.3) is 0 Å². The monoisotopic (exact) mass is 438 g/mol. The van der Waals surface area contributed by atoms with E-state index < -0.39 is 8.56 Å². The Morgan fingerprint density at radius 2 is 1.67 bits per heavy atom. The average molecular weight is 439 g/mol. The van der Waals surface area contributed by atoms with Gasteiger partial charge in [-0.15, -0.1) is 6.58 Å². The Bertz CT molecular complexity index is 639. The maximum absolute atomic E-state index is 6.97. The highest BCUT2D eigenvalue weighted by Crippen LogP contribution is 2.55. The molecule has 0 aromatic carbocycles. The zero-order chi connectivity index (χ0) is 21.9. The molecule has 4 saturated heterocycles. The average Bonchev–Trinajstić information content (AvgIpc) is 2.86. The van der Waals surface area contributed by atoms with Crippen LogP contribution in [0.15, 0.2) is 12.7 Å². The van der Waals surface area contributed by atoms with Gasteiger partial charge in [0.25, 0.3) is 0 Å². The van der Waals surface area contributed by atoms with E-state index in [1.165, 1.54) is 0 Å². The Hall–Kier alpha value is -0.243. The van der Waals surface area contributed by atoms with Gasteiger partial charge in [0, 0.05) is 22.9 Å². The summed E-state index contributed by atoms with van der Waals surface area (Å²) in [5.41, 5.74) is -0.253. The van der Waals surface area contributed by atoms with Crippen LogP contribution in [0.1, 0.15) is 80.6 Å². The summed E-state index contributed by atoms with van der Waals surface area (Å²) >= 11 is 0. The van der Waals surface area contributed by atoms with Gasteiger partial charge in [-0.2, -0.15) is 0 Å². The fourth-order valence-corrected chi connectivity index (χ4v) is 11.4. The van der Waals surface area contributed by atoms with Crippen molar-refractivity contribution in [2.24, 2.45) is 0 Å². The van der Waals surface area contributed by atoms with Crippen molar-refractivity contribution in [1.82, 2.24) is 0 Å². The number of fused-ring (bicyclic) bond motifs is 3. The lowest BCUT2D eigenvalue weighted by molar-refractivity contribution is -0.228. The Balaban J connectivity index is 1.53. The normalized spacial score (nSPS) is 43.8. The summed E-state index contributed by atoms with van der Waals surface area (Å²) in [6.45, 7) is 20.3. The number of hydrogen-bond acceptors (Lipinski definition) is 5. The van der Waals surface area contributed by atoms with Crippen LogP contribution in [0.3, 0.4) is 0 Å². The van der Waals surface area contributed by atoms with Gasteiger partial charge in [0.1, 0.15) is 6.10 Å². The second-order valence-electron chi connectivity index (χ2n) is 12.1. The smallest absolute Gasteiger partial charge is 0.349 e. The standard InChI is InChI=1S/C24H42O5Si/c1-9-10-16-14-24(8)21(26-16)12-11-17-18(28-24)13-19-20(27-17)15-25-30(29-19,22(2,3)4)23(5,6)7/h9,16-21H,1,10-15H2,2-8H3/t16-,17-,18+,19-,20+,21+,24-/m0/s1. The van der Waals surface area contributed by atoms with Crippen LogP contribution in [0.2, 0.25) is 10.1 Å². The van der Waals surface area contributed by atoms with Crippen molar-refractivity contribution in [3.8, 4) is 0 Å². The van der Waals surface area contributed by atoms with Gasteiger partial charge in [-0.3, -0.25) is 0 Å². The largest absolute Gasteiger partial charge is 0.391 e. The van der Waals surface area contributed by atoms with Crippen molar-refractivity contribution in [2.75, 3.05) is 6.61 Å². The topological polar surface area (TPSA) is 46.2 Å². The molecule has 0 unspecified atom stereocenters. The lowest BCUT2D eigenvalue weighted by Gasteiger charge is -2.56. The fraction of sp³-hybridized carbons (Fsp3) is 0.917. The molecule has 0 amide bonds. The molecule has 30 heavy (non-hydrogen) atoms. The summed E-state index contributed by atoms with van der Waals surface area (Å²) in [4.78, 5) is 0. The minimum absolute atomic E-state index is 0.000328. The zero-order valence-electron chi connectivity index (χ0n) is 20.0. The first-order valence-electron chi connectivity index (χ1n) is 11.8. The van der Waals surface area contributed by atoms with E-state index in [0.29, 0.717) is 6.61 Å². The summed E-state index contributed by atoms with van der Waals surface area (Å²) in [7, 11) is -2.50. The minimum Gasteiger partial charge on any atom is -0.391 e. The van der Waals surface area contributed by atoms with E-state index in [2.05, 4.69) is 55.0 Å². The van der Waals surface area contributed by atoms with E-state index in [4.69, 9.17) is 23.1 Å². The summed E-state index contributed by atoms with van der Waals surface area (Å²) in [6.07, 6.45) is 7.13. The molecule has 7 atom stereocenters. The van der Waals surface area contributed by atoms with E-state index in [9.17, 15) is 0 Å². The molecule has 4 aliphatic rings. The Morgan fingerprint density at radius 3 is 2.30 bits per heavy atom. The second kappa shape index (κ2) is 7.67. The highest BCUT2D eigenvalue weighted by atomic mass is 28.4. The fourth-order valence-electron chi connectivity index (χ4n) is 6.43. The Morgan fingerprint density at radius 1 is 0.967 bits per heavy atom. The molecule has 0 saturated carbocycles. The highest BCUT2D eigenvalue weighted by molar-refractivity contribution is 6.73. The van der Waals surface area contributed by atoms with E-state index in [0.717, 1.165) is 32.1 Å². The molecule has 4 heterocycles. The first-order valence-corrected chi connectivity index (χ1v) is 13.6. The van der Waals surface area contributed by atoms with Gasteiger partial charge >= 0.3 is 8.56 Å². The molecule has 4 aliphatic heterocycles. The summed E-state index contributed by atoms with van der Waals surface area (Å²) in [5.74, 6) is 0. The van der Waals surface area contributed by atoms with Crippen molar-refractivity contribution >= 4 is 8.56 Å². The lowest BCUT2D eigenvalue weighted by Crippen LogP contribution is -2.67.